The molecular weight excluding hydrogens is 203 g/mol. The Morgan fingerprint density at radius 1 is 1.31 bits per heavy atom. The largest absolute Gasteiger partial charge is 0.326 e. The Bertz CT molecular complexity index is 509. The summed E-state index contributed by atoms with van der Waals surface area (Å²) < 4.78 is 13.6. The Kier molecular flexibility index (Phi) is 2.97. The number of hydrogen-bond acceptors (Lipinski definition) is 2. The highest BCUT2D eigenvalue weighted by atomic mass is 19.1. The molecule has 1 aromatic heterocycles. The van der Waals surface area contributed by atoms with E-state index in [1.807, 2.05) is 25.1 Å². The molecule has 0 unspecified atom stereocenters. The molecule has 0 aliphatic rings. The van der Waals surface area contributed by atoms with Crippen LogP contribution in [-0.2, 0) is 6.54 Å². The van der Waals surface area contributed by atoms with Crippen LogP contribution in [0.25, 0.3) is 11.3 Å². The molecule has 0 radical (unpaired) electrons. The minimum atomic E-state index is -0.317. The van der Waals surface area contributed by atoms with E-state index in [0.29, 0.717) is 12.2 Å². The fraction of sp³-hybridized carbons (Fsp3) is 0.154. The first-order valence-corrected chi connectivity index (χ1v) is 5.13. The van der Waals surface area contributed by atoms with E-state index in [4.69, 9.17) is 5.73 Å². The van der Waals surface area contributed by atoms with Crippen molar-refractivity contribution < 1.29 is 4.39 Å². The van der Waals surface area contributed by atoms with Gasteiger partial charge < -0.3 is 5.73 Å². The Hall–Kier alpha value is -1.74. The Balaban J connectivity index is 2.63. The predicted molar refractivity (Wildman–Crippen MR) is 62.3 cm³/mol. The van der Waals surface area contributed by atoms with Crippen molar-refractivity contribution in [2.24, 2.45) is 5.73 Å². The second-order valence-electron chi connectivity index (χ2n) is 3.70. The fourth-order valence-corrected chi connectivity index (χ4v) is 1.67. The number of halogens is 1. The molecule has 0 aliphatic carbocycles. The molecule has 2 N–H and O–H groups in total. The average Bonchev–Trinajstić information content (AvgIpc) is 2.29. The molecular formula is C13H13FN2. The van der Waals surface area contributed by atoms with Crippen LogP contribution >= 0.6 is 0 Å². The van der Waals surface area contributed by atoms with Crippen LogP contribution in [0.2, 0.25) is 0 Å². The van der Waals surface area contributed by atoms with Crippen LogP contribution in [0.15, 0.2) is 36.5 Å². The molecule has 0 amide bonds. The zero-order valence-corrected chi connectivity index (χ0v) is 9.07. The van der Waals surface area contributed by atoms with Crippen LogP contribution in [0.4, 0.5) is 4.39 Å². The lowest BCUT2D eigenvalue weighted by molar-refractivity contribution is 0.625. The van der Waals surface area contributed by atoms with Crippen molar-refractivity contribution in [2.75, 3.05) is 0 Å². The minimum Gasteiger partial charge on any atom is -0.326 e. The van der Waals surface area contributed by atoms with Gasteiger partial charge in [-0.2, -0.15) is 0 Å². The zero-order chi connectivity index (χ0) is 11.5. The zero-order valence-electron chi connectivity index (χ0n) is 9.07. The minimum absolute atomic E-state index is 0.317. The molecule has 2 nitrogen and oxygen atoms in total. The third-order valence-corrected chi connectivity index (χ3v) is 2.50. The van der Waals surface area contributed by atoms with Gasteiger partial charge in [0.2, 0.25) is 0 Å². The molecule has 0 saturated heterocycles. The van der Waals surface area contributed by atoms with Gasteiger partial charge in [-0.3, -0.25) is 4.98 Å². The van der Waals surface area contributed by atoms with Gasteiger partial charge in [-0.25, -0.2) is 4.39 Å². The van der Waals surface area contributed by atoms with Crippen molar-refractivity contribution in [3.05, 3.63) is 53.5 Å². The highest BCUT2D eigenvalue weighted by Crippen LogP contribution is 2.25. The maximum Gasteiger partial charge on any atom is 0.149 e. The summed E-state index contributed by atoms with van der Waals surface area (Å²) in [7, 11) is 0. The number of rotatable bonds is 2. The van der Waals surface area contributed by atoms with Crippen molar-refractivity contribution in [2.45, 2.75) is 13.5 Å². The number of benzene rings is 1. The van der Waals surface area contributed by atoms with E-state index >= 15 is 0 Å². The number of hydrogen-bond donors (Lipinski definition) is 1. The van der Waals surface area contributed by atoms with E-state index in [0.717, 1.165) is 16.7 Å². The lowest BCUT2D eigenvalue weighted by Crippen LogP contribution is -2.01. The number of aryl methyl sites for hydroxylation is 1. The van der Waals surface area contributed by atoms with Gasteiger partial charge in [-0.05, 0) is 30.7 Å². The third kappa shape index (κ3) is 1.95. The Morgan fingerprint density at radius 2 is 2.12 bits per heavy atom. The summed E-state index contributed by atoms with van der Waals surface area (Å²) in [6.07, 6.45) is 1.58. The summed E-state index contributed by atoms with van der Waals surface area (Å²) in [5, 5.41) is 0. The maximum atomic E-state index is 13.6. The van der Waals surface area contributed by atoms with Crippen molar-refractivity contribution >= 4 is 0 Å². The summed E-state index contributed by atoms with van der Waals surface area (Å²) >= 11 is 0. The lowest BCUT2D eigenvalue weighted by Gasteiger charge is -2.09. The number of nitrogens with zero attached hydrogens (tertiary/aromatic N) is 1. The van der Waals surface area contributed by atoms with Crippen molar-refractivity contribution in [1.29, 1.82) is 0 Å². The van der Waals surface area contributed by atoms with E-state index in [1.165, 1.54) is 6.07 Å². The summed E-state index contributed by atoms with van der Waals surface area (Å²) in [5.74, 6) is -0.317. The van der Waals surface area contributed by atoms with Crippen LogP contribution in [0.1, 0.15) is 11.1 Å². The quantitative estimate of drug-likeness (QED) is 0.838. The molecule has 0 fully saturated rings. The van der Waals surface area contributed by atoms with E-state index in [1.54, 1.807) is 12.3 Å². The first kappa shape index (κ1) is 10.8. The van der Waals surface area contributed by atoms with E-state index in [9.17, 15) is 4.39 Å². The van der Waals surface area contributed by atoms with Gasteiger partial charge >= 0.3 is 0 Å². The summed E-state index contributed by atoms with van der Waals surface area (Å²) in [5.41, 5.74) is 8.76. The van der Waals surface area contributed by atoms with Gasteiger partial charge in [0.05, 0.1) is 0 Å². The molecule has 16 heavy (non-hydrogen) atoms. The van der Waals surface area contributed by atoms with Crippen LogP contribution in [0.5, 0.6) is 0 Å². The molecule has 1 heterocycles. The molecule has 0 saturated carbocycles. The number of aromatic nitrogens is 1. The van der Waals surface area contributed by atoms with Crippen molar-refractivity contribution in [3.63, 3.8) is 0 Å². The second-order valence-corrected chi connectivity index (χ2v) is 3.70. The van der Waals surface area contributed by atoms with E-state index in [-0.39, 0.29) is 5.82 Å². The number of pyridine rings is 1. The van der Waals surface area contributed by atoms with Crippen LogP contribution in [0, 0.1) is 12.7 Å². The Morgan fingerprint density at radius 3 is 2.81 bits per heavy atom. The average molecular weight is 216 g/mol. The molecule has 0 aliphatic heterocycles. The van der Waals surface area contributed by atoms with Crippen LogP contribution < -0.4 is 5.73 Å². The topological polar surface area (TPSA) is 38.9 Å². The first-order chi connectivity index (χ1) is 7.72. The van der Waals surface area contributed by atoms with E-state index in [2.05, 4.69) is 4.98 Å². The van der Waals surface area contributed by atoms with Crippen LogP contribution in [-0.4, -0.2) is 4.98 Å². The van der Waals surface area contributed by atoms with Gasteiger partial charge in [0.1, 0.15) is 11.5 Å². The van der Waals surface area contributed by atoms with Crippen LogP contribution in [0.3, 0.4) is 0 Å². The smallest absolute Gasteiger partial charge is 0.149 e. The molecule has 82 valence electrons. The summed E-state index contributed by atoms with van der Waals surface area (Å²) in [6, 6.07) is 8.78. The SMILES string of the molecule is Cc1ccc(CN)c(-c2ncccc2F)c1. The molecule has 0 bridgehead atoms. The van der Waals surface area contributed by atoms with Crippen molar-refractivity contribution in [1.82, 2.24) is 4.98 Å². The number of nitrogens with two attached hydrogens (primary N) is 1. The lowest BCUT2D eigenvalue weighted by atomic mass is 10.0. The highest BCUT2D eigenvalue weighted by molar-refractivity contribution is 5.65. The van der Waals surface area contributed by atoms with Gasteiger partial charge in [-0.1, -0.05) is 17.7 Å². The van der Waals surface area contributed by atoms with Gasteiger partial charge in [0.25, 0.3) is 0 Å². The summed E-state index contributed by atoms with van der Waals surface area (Å²) in [6.45, 7) is 2.34. The fourth-order valence-electron chi connectivity index (χ4n) is 1.67. The molecule has 2 rings (SSSR count). The molecule has 1 aromatic carbocycles. The first-order valence-electron chi connectivity index (χ1n) is 5.13. The molecule has 0 spiro atoms. The third-order valence-electron chi connectivity index (χ3n) is 2.50. The van der Waals surface area contributed by atoms with Crippen molar-refractivity contribution in [3.8, 4) is 11.3 Å². The monoisotopic (exact) mass is 216 g/mol. The predicted octanol–water partition coefficient (Wildman–Crippen LogP) is 2.65. The Labute approximate surface area is 93.9 Å². The van der Waals surface area contributed by atoms with Gasteiger partial charge in [0, 0.05) is 18.3 Å². The van der Waals surface area contributed by atoms with Gasteiger partial charge in [-0.15, -0.1) is 0 Å². The van der Waals surface area contributed by atoms with Gasteiger partial charge in [0.15, 0.2) is 0 Å². The normalized spacial score (nSPS) is 10.4. The van der Waals surface area contributed by atoms with E-state index < -0.39 is 0 Å². The molecule has 0 atom stereocenters. The summed E-state index contributed by atoms with van der Waals surface area (Å²) in [4.78, 5) is 4.07. The molecule has 3 heteroatoms. The standard InChI is InChI=1S/C13H13FN2/c1-9-4-5-10(8-15)11(7-9)13-12(14)3-2-6-16-13/h2-7H,8,15H2,1H3. The highest BCUT2D eigenvalue weighted by Gasteiger charge is 2.09. The maximum absolute atomic E-state index is 13.6. The molecule has 2 aromatic rings. The second kappa shape index (κ2) is 4.41.